The summed E-state index contributed by atoms with van der Waals surface area (Å²) in [7, 11) is 1.51. The number of aromatic nitrogens is 2. The van der Waals surface area contributed by atoms with Gasteiger partial charge in [-0.05, 0) is 15.9 Å². The Labute approximate surface area is 103 Å². The van der Waals surface area contributed by atoms with Crippen molar-refractivity contribution >= 4 is 21.9 Å². The lowest BCUT2D eigenvalue weighted by Gasteiger charge is -2.16. The Bertz CT molecular complexity index is 391. The molecule has 1 aromatic rings. The SMILES string of the molecule is CNc1ncc(Br)c(OCC(F)(F)C(F)F)n1. The van der Waals surface area contributed by atoms with Gasteiger partial charge >= 0.3 is 12.3 Å². The first kappa shape index (κ1) is 13.9. The van der Waals surface area contributed by atoms with E-state index in [0.717, 1.165) is 0 Å². The van der Waals surface area contributed by atoms with Gasteiger partial charge in [0.05, 0.1) is 10.7 Å². The highest BCUT2D eigenvalue weighted by Crippen LogP contribution is 2.27. The zero-order valence-corrected chi connectivity index (χ0v) is 10.1. The van der Waals surface area contributed by atoms with Crippen molar-refractivity contribution in [1.82, 2.24) is 9.97 Å². The molecular weight excluding hydrogens is 310 g/mol. The highest BCUT2D eigenvalue weighted by molar-refractivity contribution is 9.10. The van der Waals surface area contributed by atoms with E-state index < -0.39 is 19.0 Å². The summed E-state index contributed by atoms with van der Waals surface area (Å²) >= 11 is 2.95. The van der Waals surface area contributed by atoms with Crippen LogP contribution in [0.4, 0.5) is 23.5 Å². The molecule has 0 saturated heterocycles. The Morgan fingerprint density at radius 3 is 2.71 bits per heavy atom. The fourth-order valence-electron chi connectivity index (χ4n) is 0.801. The predicted octanol–water partition coefficient (Wildman–Crippen LogP) is 2.56. The van der Waals surface area contributed by atoms with Gasteiger partial charge in [0.25, 0.3) is 0 Å². The topological polar surface area (TPSA) is 47.0 Å². The molecule has 0 amide bonds. The molecule has 4 nitrogen and oxygen atoms in total. The number of hydrogen-bond donors (Lipinski definition) is 1. The van der Waals surface area contributed by atoms with Crippen molar-refractivity contribution in [3.63, 3.8) is 0 Å². The summed E-state index contributed by atoms with van der Waals surface area (Å²) < 4.78 is 53.7. The molecule has 0 radical (unpaired) electrons. The van der Waals surface area contributed by atoms with E-state index in [0.29, 0.717) is 0 Å². The number of hydrogen-bond acceptors (Lipinski definition) is 4. The van der Waals surface area contributed by atoms with Gasteiger partial charge in [-0.15, -0.1) is 0 Å². The molecule has 0 bridgehead atoms. The van der Waals surface area contributed by atoms with E-state index in [1.54, 1.807) is 0 Å². The molecule has 0 fully saturated rings. The van der Waals surface area contributed by atoms with Gasteiger partial charge in [0.2, 0.25) is 11.8 Å². The van der Waals surface area contributed by atoms with E-state index in [9.17, 15) is 17.6 Å². The summed E-state index contributed by atoms with van der Waals surface area (Å²) in [5.41, 5.74) is 0. The molecule has 96 valence electrons. The molecule has 0 atom stereocenters. The van der Waals surface area contributed by atoms with Crippen LogP contribution in [0.2, 0.25) is 0 Å². The van der Waals surface area contributed by atoms with Crippen LogP contribution in [0.15, 0.2) is 10.7 Å². The number of alkyl halides is 4. The smallest absolute Gasteiger partial charge is 0.340 e. The van der Waals surface area contributed by atoms with Crippen molar-refractivity contribution in [3.05, 3.63) is 10.7 Å². The first-order valence-corrected chi connectivity index (χ1v) is 5.15. The molecular formula is C8H8BrF4N3O. The maximum Gasteiger partial charge on any atom is 0.340 e. The summed E-state index contributed by atoms with van der Waals surface area (Å²) in [6.45, 7) is -1.45. The standard InChI is InChI=1S/C8H8BrF4N3O/c1-14-7-15-2-4(9)5(16-7)17-3-8(12,13)6(10)11/h2,6H,3H2,1H3,(H,14,15,16). The van der Waals surface area contributed by atoms with E-state index in [-0.39, 0.29) is 16.3 Å². The van der Waals surface area contributed by atoms with Crippen LogP contribution in [0.25, 0.3) is 0 Å². The second-order valence-electron chi connectivity index (χ2n) is 2.95. The Hall–Kier alpha value is -1.12. The van der Waals surface area contributed by atoms with Gasteiger partial charge in [0.1, 0.15) is 0 Å². The maximum atomic E-state index is 12.6. The van der Waals surface area contributed by atoms with Crippen molar-refractivity contribution in [1.29, 1.82) is 0 Å². The lowest BCUT2D eigenvalue weighted by atomic mass is 10.4. The number of anilines is 1. The molecule has 0 aliphatic heterocycles. The lowest BCUT2D eigenvalue weighted by molar-refractivity contribution is -0.148. The summed E-state index contributed by atoms with van der Waals surface area (Å²) in [6.07, 6.45) is -2.53. The average molecular weight is 318 g/mol. The largest absolute Gasteiger partial charge is 0.470 e. The minimum Gasteiger partial charge on any atom is -0.470 e. The van der Waals surface area contributed by atoms with Gasteiger partial charge in [0, 0.05) is 7.05 Å². The van der Waals surface area contributed by atoms with E-state index in [4.69, 9.17) is 0 Å². The van der Waals surface area contributed by atoms with Gasteiger partial charge in [0.15, 0.2) is 6.61 Å². The number of rotatable bonds is 5. The second kappa shape index (κ2) is 5.48. The van der Waals surface area contributed by atoms with Crippen molar-refractivity contribution in [2.24, 2.45) is 0 Å². The number of nitrogens with zero attached hydrogens (tertiary/aromatic N) is 2. The second-order valence-corrected chi connectivity index (χ2v) is 3.80. The van der Waals surface area contributed by atoms with E-state index in [1.807, 2.05) is 0 Å². The minimum atomic E-state index is -4.22. The molecule has 0 aromatic carbocycles. The van der Waals surface area contributed by atoms with Crippen LogP contribution in [0.5, 0.6) is 5.88 Å². The average Bonchev–Trinajstić information content (AvgIpc) is 2.28. The Morgan fingerprint density at radius 1 is 1.53 bits per heavy atom. The molecule has 9 heteroatoms. The summed E-state index contributed by atoms with van der Waals surface area (Å²) in [5.74, 6) is -4.32. The van der Waals surface area contributed by atoms with E-state index >= 15 is 0 Å². The van der Waals surface area contributed by atoms with Crippen LogP contribution >= 0.6 is 15.9 Å². The van der Waals surface area contributed by atoms with Crippen molar-refractivity contribution in [2.75, 3.05) is 19.0 Å². The predicted molar refractivity (Wildman–Crippen MR) is 55.7 cm³/mol. The van der Waals surface area contributed by atoms with Gasteiger partial charge < -0.3 is 10.1 Å². The number of ether oxygens (including phenoxy) is 1. The molecule has 1 N–H and O–H groups in total. The monoisotopic (exact) mass is 317 g/mol. The summed E-state index contributed by atoms with van der Waals surface area (Å²) in [5, 5.41) is 2.56. The van der Waals surface area contributed by atoms with Gasteiger partial charge in [-0.2, -0.15) is 13.8 Å². The summed E-state index contributed by atoms with van der Waals surface area (Å²) in [6, 6.07) is 0. The Balaban J connectivity index is 2.75. The van der Waals surface area contributed by atoms with Gasteiger partial charge in [-0.1, -0.05) is 0 Å². The van der Waals surface area contributed by atoms with Crippen LogP contribution < -0.4 is 10.1 Å². The molecule has 0 unspecified atom stereocenters. The normalized spacial score (nSPS) is 11.7. The molecule has 1 heterocycles. The fraction of sp³-hybridized carbons (Fsp3) is 0.500. The molecule has 1 rings (SSSR count). The molecule has 0 spiro atoms. The summed E-state index contributed by atoms with van der Waals surface area (Å²) in [4.78, 5) is 7.44. The third kappa shape index (κ3) is 3.69. The fourth-order valence-corrected chi connectivity index (χ4v) is 1.11. The lowest BCUT2D eigenvalue weighted by Crippen LogP contribution is -2.34. The molecule has 0 saturated carbocycles. The maximum absolute atomic E-state index is 12.6. The highest BCUT2D eigenvalue weighted by Gasteiger charge is 2.42. The van der Waals surface area contributed by atoms with Crippen LogP contribution in [-0.4, -0.2) is 36.0 Å². The molecule has 1 aromatic heterocycles. The quantitative estimate of drug-likeness (QED) is 0.848. The first-order chi connectivity index (χ1) is 7.86. The van der Waals surface area contributed by atoms with Crippen LogP contribution in [0.3, 0.4) is 0 Å². The van der Waals surface area contributed by atoms with E-state index in [2.05, 4.69) is 36.0 Å². The number of halogens is 5. The Morgan fingerprint density at radius 2 is 2.18 bits per heavy atom. The first-order valence-electron chi connectivity index (χ1n) is 4.36. The molecule has 17 heavy (non-hydrogen) atoms. The third-order valence-corrected chi connectivity index (χ3v) is 2.20. The third-order valence-electron chi connectivity index (χ3n) is 1.66. The zero-order chi connectivity index (χ0) is 13.1. The Kier molecular flexibility index (Phi) is 4.49. The minimum absolute atomic E-state index is 0.128. The van der Waals surface area contributed by atoms with Crippen LogP contribution in [-0.2, 0) is 0 Å². The molecule has 0 aliphatic carbocycles. The van der Waals surface area contributed by atoms with Gasteiger partial charge in [-0.3, -0.25) is 0 Å². The molecule has 0 aliphatic rings. The zero-order valence-electron chi connectivity index (χ0n) is 8.55. The van der Waals surface area contributed by atoms with Crippen LogP contribution in [0.1, 0.15) is 0 Å². The van der Waals surface area contributed by atoms with Crippen molar-refractivity contribution in [3.8, 4) is 5.88 Å². The van der Waals surface area contributed by atoms with Crippen LogP contribution in [0, 0.1) is 0 Å². The van der Waals surface area contributed by atoms with E-state index in [1.165, 1.54) is 13.2 Å². The highest BCUT2D eigenvalue weighted by atomic mass is 79.9. The number of nitrogens with one attached hydrogen (secondary N) is 1. The van der Waals surface area contributed by atoms with Gasteiger partial charge in [-0.25, -0.2) is 13.8 Å². The van der Waals surface area contributed by atoms with Crippen molar-refractivity contribution < 1.29 is 22.3 Å². The van der Waals surface area contributed by atoms with Crippen molar-refractivity contribution in [2.45, 2.75) is 12.3 Å².